The number of carbonyl (C=O) groups excluding carboxylic acids is 1. The van der Waals surface area contributed by atoms with Crippen LogP contribution in [0.25, 0.3) is 22.3 Å². The second kappa shape index (κ2) is 15.2. The maximum Gasteiger partial charge on any atom is 0.282 e. The van der Waals surface area contributed by atoms with Gasteiger partial charge < -0.3 is 19.5 Å². The summed E-state index contributed by atoms with van der Waals surface area (Å²) in [7, 11) is 1.64. The highest BCUT2D eigenvalue weighted by molar-refractivity contribution is 9.10. The third-order valence-corrected chi connectivity index (χ3v) is 9.13. The molecule has 1 aromatic heterocycles. The quantitative estimate of drug-likeness (QED) is 0.135. The molecule has 0 spiro atoms. The molecule has 12 heteroatoms. The number of nitrogens with zero attached hydrogens (tertiary/aromatic N) is 3. The van der Waals surface area contributed by atoms with E-state index < -0.39 is 5.91 Å². The number of hydrogen-bond donors (Lipinski definition) is 1. The van der Waals surface area contributed by atoms with Gasteiger partial charge in [-0.2, -0.15) is 9.78 Å². The van der Waals surface area contributed by atoms with Crippen molar-refractivity contribution in [1.29, 1.82) is 0 Å². The zero-order valence-corrected chi connectivity index (χ0v) is 30.0. The van der Waals surface area contributed by atoms with Gasteiger partial charge in [-0.15, -0.1) is 0 Å². The molecule has 0 aliphatic rings. The molecule has 0 saturated heterocycles. The second-order valence-electron chi connectivity index (χ2n) is 11.1. The van der Waals surface area contributed by atoms with Crippen LogP contribution in [0.1, 0.15) is 43.4 Å². The predicted octanol–water partition coefficient (Wildman–Crippen LogP) is 8.87. The molecule has 0 atom stereocenters. The van der Waals surface area contributed by atoms with Crippen molar-refractivity contribution < 1.29 is 19.0 Å². The van der Waals surface area contributed by atoms with Gasteiger partial charge in [-0.05, 0) is 101 Å². The highest BCUT2D eigenvalue weighted by Crippen LogP contribution is 2.42. The molecule has 5 rings (SSSR count). The van der Waals surface area contributed by atoms with Crippen molar-refractivity contribution in [2.75, 3.05) is 25.6 Å². The van der Waals surface area contributed by atoms with Gasteiger partial charge in [0.15, 0.2) is 23.9 Å². The molecule has 4 aromatic carbocycles. The van der Waals surface area contributed by atoms with Crippen molar-refractivity contribution in [3.8, 4) is 28.6 Å². The molecule has 0 radical (unpaired) electrons. The van der Waals surface area contributed by atoms with E-state index in [0.717, 1.165) is 22.4 Å². The number of methoxy groups -OCH3 is 1. The number of nitrogens with one attached hydrogen (secondary N) is 1. The standard InChI is InChI=1S/C36H33BrCl2N4O5/c1-6-47-30-16-22(32(37)33(39)34(30)48-19-31(44)41-24-13-11-23(38)12-14-24)18-40-43-35(42-28-10-8-7-9-25(28)36(43)45)27-17-26(20(2)3)29(46-5)15-21(27)4/h7-18,20H,6,19H2,1-5H3,(H,41,44). The van der Waals surface area contributed by atoms with Gasteiger partial charge in [0, 0.05) is 26.3 Å². The molecule has 1 heterocycles. The maximum atomic E-state index is 13.9. The Morgan fingerprint density at radius 1 is 1.06 bits per heavy atom. The summed E-state index contributed by atoms with van der Waals surface area (Å²) in [6.07, 6.45) is 1.50. The number of carbonyl (C=O) groups is 1. The molecular formula is C36H33BrCl2N4O5. The summed E-state index contributed by atoms with van der Waals surface area (Å²) < 4.78 is 19.0. The fraction of sp³-hybridized carbons (Fsp3) is 0.222. The molecular weight excluding hydrogens is 719 g/mol. The predicted molar refractivity (Wildman–Crippen MR) is 196 cm³/mol. The minimum atomic E-state index is -0.400. The van der Waals surface area contributed by atoms with Crippen LogP contribution in [0.2, 0.25) is 10.0 Å². The molecule has 0 saturated carbocycles. The van der Waals surface area contributed by atoms with Gasteiger partial charge in [-0.3, -0.25) is 9.59 Å². The third kappa shape index (κ3) is 7.51. The fourth-order valence-electron chi connectivity index (χ4n) is 5.06. The van der Waals surface area contributed by atoms with Crippen molar-refractivity contribution in [2.45, 2.75) is 33.6 Å². The Balaban J connectivity index is 1.55. The summed E-state index contributed by atoms with van der Waals surface area (Å²) in [4.78, 5) is 31.4. The number of aromatic nitrogens is 2. The molecule has 0 unspecified atom stereocenters. The Kier molecular flexibility index (Phi) is 11.1. The lowest BCUT2D eigenvalue weighted by Crippen LogP contribution is -2.21. The summed E-state index contributed by atoms with van der Waals surface area (Å²) in [5.41, 5.74) is 3.87. The van der Waals surface area contributed by atoms with E-state index >= 15 is 0 Å². The Labute approximate surface area is 296 Å². The Hall–Kier alpha value is -4.38. The number of hydrogen-bond acceptors (Lipinski definition) is 7. The van der Waals surface area contributed by atoms with E-state index in [1.165, 1.54) is 10.9 Å². The Bertz CT molecular complexity index is 2080. The SMILES string of the molecule is CCOc1cc(C=Nn2c(-c3cc(C(C)C)c(OC)cc3C)nc3ccccc3c2=O)c(Br)c(Cl)c1OCC(=O)Nc1ccc(Cl)cc1. The topological polar surface area (TPSA) is 104 Å². The minimum absolute atomic E-state index is 0.155. The lowest BCUT2D eigenvalue weighted by molar-refractivity contribution is -0.118. The van der Waals surface area contributed by atoms with Gasteiger partial charge in [-0.25, -0.2) is 4.98 Å². The van der Waals surface area contributed by atoms with Crippen LogP contribution >= 0.6 is 39.1 Å². The number of anilines is 1. The number of halogens is 3. The number of rotatable bonds is 11. The molecule has 0 aliphatic carbocycles. The van der Waals surface area contributed by atoms with Crippen molar-refractivity contribution in [2.24, 2.45) is 5.10 Å². The number of amides is 1. The van der Waals surface area contributed by atoms with Crippen LogP contribution in [-0.2, 0) is 4.79 Å². The second-order valence-corrected chi connectivity index (χ2v) is 12.7. The largest absolute Gasteiger partial charge is 0.496 e. The van der Waals surface area contributed by atoms with Gasteiger partial charge >= 0.3 is 0 Å². The summed E-state index contributed by atoms with van der Waals surface area (Å²) in [6.45, 7) is 7.88. The Morgan fingerprint density at radius 2 is 1.79 bits per heavy atom. The first-order valence-corrected chi connectivity index (χ1v) is 16.6. The van der Waals surface area contributed by atoms with Gasteiger partial charge in [0.1, 0.15) is 10.8 Å². The molecule has 0 aliphatic heterocycles. The van der Waals surface area contributed by atoms with E-state index in [4.69, 9.17) is 42.4 Å². The van der Waals surface area contributed by atoms with Crippen LogP contribution in [0.3, 0.4) is 0 Å². The first-order valence-electron chi connectivity index (χ1n) is 15.1. The molecule has 1 N–H and O–H groups in total. The van der Waals surface area contributed by atoms with Crippen LogP contribution in [0, 0.1) is 6.92 Å². The van der Waals surface area contributed by atoms with Crippen molar-refractivity contribution in [1.82, 2.24) is 9.66 Å². The first-order chi connectivity index (χ1) is 23.0. The van der Waals surface area contributed by atoms with Gasteiger partial charge in [-0.1, -0.05) is 49.2 Å². The average molecular weight is 752 g/mol. The van der Waals surface area contributed by atoms with E-state index in [2.05, 4.69) is 40.2 Å². The summed E-state index contributed by atoms with van der Waals surface area (Å²) in [5, 5.41) is 8.53. The molecule has 9 nitrogen and oxygen atoms in total. The molecule has 48 heavy (non-hydrogen) atoms. The minimum Gasteiger partial charge on any atom is -0.496 e. The Morgan fingerprint density at radius 3 is 2.48 bits per heavy atom. The van der Waals surface area contributed by atoms with Crippen LogP contribution < -0.4 is 25.1 Å². The van der Waals surface area contributed by atoms with E-state index in [1.54, 1.807) is 55.6 Å². The monoisotopic (exact) mass is 750 g/mol. The van der Waals surface area contributed by atoms with E-state index in [-0.39, 0.29) is 28.9 Å². The first kappa shape index (κ1) is 34.9. The van der Waals surface area contributed by atoms with Crippen LogP contribution in [0.15, 0.2) is 81.1 Å². The number of ether oxygens (including phenoxy) is 3. The molecule has 248 valence electrons. The fourth-order valence-corrected chi connectivity index (χ4v) is 5.84. The van der Waals surface area contributed by atoms with Gasteiger partial charge in [0.05, 0.1) is 30.8 Å². The van der Waals surface area contributed by atoms with Crippen molar-refractivity contribution >= 4 is 67.8 Å². The average Bonchev–Trinajstić information content (AvgIpc) is 3.07. The van der Waals surface area contributed by atoms with E-state index in [0.29, 0.717) is 49.8 Å². The van der Waals surface area contributed by atoms with Gasteiger partial charge in [0.25, 0.3) is 11.5 Å². The van der Waals surface area contributed by atoms with Crippen molar-refractivity contribution in [3.63, 3.8) is 0 Å². The number of para-hydroxylation sites is 1. The third-order valence-electron chi connectivity index (χ3n) is 7.44. The zero-order chi connectivity index (χ0) is 34.5. The van der Waals surface area contributed by atoms with E-state index in [1.807, 2.05) is 32.0 Å². The molecule has 5 aromatic rings. The molecule has 1 amide bonds. The number of aryl methyl sites for hydroxylation is 1. The highest BCUT2D eigenvalue weighted by atomic mass is 79.9. The smallest absolute Gasteiger partial charge is 0.282 e. The summed E-state index contributed by atoms with van der Waals surface area (Å²) >= 11 is 16.2. The molecule has 0 bridgehead atoms. The summed E-state index contributed by atoms with van der Waals surface area (Å²) in [6, 6.07) is 19.5. The normalized spacial score (nSPS) is 11.4. The van der Waals surface area contributed by atoms with Crippen LogP contribution in [0.4, 0.5) is 5.69 Å². The van der Waals surface area contributed by atoms with Crippen molar-refractivity contribution in [3.05, 3.63) is 108 Å². The number of fused-ring (bicyclic) bond motifs is 1. The zero-order valence-electron chi connectivity index (χ0n) is 26.9. The maximum absolute atomic E-state index is 13.9. The highest BCUT2D eigenvalue weighted by Gasteiger charge is 2.21. The lowest BCUT2D eigenvalue weighted by atomic mass is 9.96. The molecule has 0 fully saturated rings. The van der Waals surface area contributed by atoms with E-state index in [9.17, 15) is 9.59 Å². The van der Waals surface area contributed by atoms with Crippen LogP contribution in [-0.4, -0.2) is 42.1 Å². The lowest BCUT2D eigenvalue weighted by Gasteiger charge is -2.18. The number of benzene rings is 4. The van der Waals surface area contributed by atoms with Crippen LogP contribution in [0.5, 0.6) is 17.2 Å². The van der Waals surface area contributed by atoms with Gasteiger partial charge in [0.2, 0.25) is 0 Å². The summed E-state index contributed by atoms with van der Waals surface area (Å²) in [5.74, 6) is 1.36.